The van der Waals surface area contributed by atoms with Gasteiger partial charge in [0.1, 0.15) is 5.82 Å². The molecule has 13 heteroatoms. The van der Waals surface area contributed by atoms with Gasteiger partial charge in [-0.15, -0.1) is 0 Å². The van der Waals surface area contributed by atoms with Gasteiger partial charge in [-0.3, -0.25) is 24.8 Å². The molecule has 0 radical (unpaired) electrons. The lowest BCUT2D eigenvalue weighted by Crippen LogP contribution is -2.55. The number of pyridine rings is 1. The van der Waals surface area contributed by atoms with Gasteiger partial charge in [-0.05, 0) is 36.1 Å². The minimum absolute atomic E-state index is 0.152. The van der Waals surface area contributed by atoms with Crippen LogP contribution in [0.3, 0.4) is 0 Å². The number of imide groups is 1. The van der Waals surface area contributed by atoms with Crippen molar-refractivity contribution in [3.05, 3.63) is 77.1 Å². The number of carbonyl (C=O) groups is 2. The van der Waals surface area contributed by atoms with Gasteiger partial charge in [0.05, 0.1) is 17.0 Å². The van der Waals surface area contributed by atoms with Gasteiger partial charge in [-0.2, -0.15) is 18.2 Å². The number of nitrogens with one attached hydrogen (secondary N) is 1. The van der Waals surface area contributed by atoms with Crippen molar-refractivity contribution in [1.29, 1.82) is 0 Å². The molecular formula is C31H29F4N5O4. The summed E-state index contributed by atoms with van der Waals surface area (Å²) < 4.78 is 58.9. The number of halogens is 4. The van der Waals surface area contributed by atoms with Crippen molar-refractivity contribution in [3.8, 4) is 11.4 Å². The third-order valence-corrected chi connectivity index (χ3v) is 8.72. The molecular weight excluding hydrogens is 582 g/mol. The fourth-order valence-electron chi connectivity index (χ4n) is 6.24. The van der Waals surface area contributed by atoms with E-state index in [9.17, 15) is 27.9 Å². The number of piperidine rings is 2. The Balaban J connectivity index is 1.20. The zero-order valence-electron chi connectivity index (χ0n) is 23.9. The van der Waals surface area contributed by atoms with Crippen molar-refractivity contribution < 1.29 is 36.8 Å². The van der Waals surface area contributed by atoms with E-state index in [0.717, 1.165) is 5.56 Å². The molecule has 2 saturated heterocycles. The van der Waals surface area contributed by atoms with E-state index < -0.39 is 40.7 Å². The van der Waals surface area contributed by atoms with Crippen LogP contribution in [0.5, 0.6) is 0 Å². The van der Waals surface area contributed by atoms with E-state index in [1.807, 2.05) is 13.8 Å². The molecule has 9 nitrogen and oxygen atoms in total. The number of alkyl halides is 3. The topological polar surface area (TPSA) is 121 Å². The molecule has 0 bridgehead atoms. The zero-order valence-corrected chi connectivity index (χ0v) is 23.9. The van der Waals surface area contributed by atoms with Crippen LogP contribution in [0.25, 0.3) is 22.3 Å². The van der Waals surface area contributed by atoms with Crippen molar-refractivity contribution in [3.63, 3.8) is 0 Å². The predicted molar refractivity (Wildman–Crippen MR) is 149 cm³/mol. The third-order valence-electron chi connectivity index (χ3n) is 8.72. The fraction of sp³-hybridized carbons (Fsp3) is 0.387. The smallest absolute Gasteiger partial charge is 0.384 e. The molecule has 1 unspecified atom stereocenters. The summed E-state index contributed by atoms with van der Waals surface area (Å²) in [5.74, 6) is -3.56. The molecule has 2 fully saturated rings. The van der Waals surface area contributed by atoms with Gasteiger partial charge in [0.15, 0.2) is 0 Å². The Morgan fingerprint density at radius 3 is 2.55 bits per heavy atom. The van der Waals surface area contributed by atoms with E-state index in [2.05, 4.69) is 29.9 Å². The van der Waals surface area contributed by atoms with Crippen LogP contribution < -0.4 is 5.32 Å². The van der Waals surface area contributed by atoms with Gasteiger partial charge in [-0.25, -0.2) is 4.39 Å². The summed E-state index contributed by atoms with van der Waals surface area (Å²) >= 11 is 0. The number of rotatable bonds is 5. The number of aliphatic hydroxyl groups is 1. The first-order valence-corrected chi connectivity index (χ1v) is 14.1. The van der Waals surface area contributed by atoms with Gasteiger partial charge in [0.2, 0.25) is 17.6 Å². The maximum atomic E-state index is 16.2. The molecule has 4 aromatic rings. The molecule has 2 aliphatic heterocycles. The Kier molecular flexibility index (Phi) is 7.28. The molecule has 2 amide bonds. The van der Waals surface area contributed by atoms with Crippen LogP contribution in [0.4, 0.5) is 17.6 Å². The largest absolute Gasteiger partial charge is 0.471 e. The highest BCUT2D eigenvalue weighted by atomic mass is 19.4. The van der Waals surface area contributed by atoms with Crippen LogP contribution in [0, 0.1) is 11.2 Å². The molecule has 6 rings (SSSR count). The normalized spacial score (nSPS) is 22.8. The van der Waals surface area contributed by atoms with Gasteiger partial charge in [0.25, 0.3) is 0 Å². The monoisotopic (exact) mass is 611 g/mol. The van der Waals surface area contributed by atoms with Crippen LogP contribution in [-0.4, -0.2) is 50.0 Å². The second-order valence-corrected chi connectivity index (χ2v) is 12.1. The van der Waals surface area contributed by atoms with Gasteiger partial charge in [0, 0.05) is 54.2 Å². The maximum Gasteiger partial charge on any atom is 0.471 e. The Bertz CT molecular complexity index is 1750. The molecule has 230 valence electrons. The second kappa shape index (κ2) is 10.7. The first kappa shape index (κ1) is 29.8. The highest BCUT2D eigenvalue weighted by molar-refractivity contribution is 6.01. The lowest BCUT2D eigenvalue weighted by Gasteiger charge is -2.50. The lowest BCUT2D eigenvalue weighted by atomic mass is 9.66. The number of carbonyl (C=O) groups excluding carboxylic acids is 2. The average Bonchev–Trinajstić information content (AvgIpc) is 3.47. The van der Waals surface area contributed by atoms with E-state index in [4.69, 9.17) is 0 Å². The summed E-state index contributed by atoms with van der Waals surface area (Å²) in [7, 11) is 0. The van der Waals surface area contributed by atoms with Crippen molar-refractivity contribution in [2.75, 3.05) is 13.1 Å². The Morgan fingerprint density at radius 2 is 1.89 bits per heavy atom. The molecule has 2 aromatic carbocycles. The van der Waals surface area contributed by atoms with E-state index in [-0.39, 0.29) is 35.5 Å². The number of aromatic nitrogens is 3. The predicted octanol–water partition coefficient (Wildman–Crippen LogP) is 5.08. The third kappa shape index (κ3) is 5.34. The molecule has 4 heterocycles. The summed E-state index contributed by atoms with van der Waals surface area (Å²) in [6.07, 6.45) is -2.46. The number of likely N-dealkylation sites (tertiary alicyclic amines) is 1. The Hall–Kier alpha value is -4.23. The SMILES string of the molecule is CC1(C)CN(Cc2ccc(-c3noc(C(F)(F)F)n3)cc2)CC[C@]1(O)c1ccc2ncc(C3CCC(=O)NC3=O)cc2c1F. The van der Waals surface area contributed by atoms with E-state index in [1.54, 1.807) is 42.5 Å². The minimum atomic E-state index is -4.72. The standard InChI is InChI=1S/C31H29F4N5O4/c1-29(2)16-40(15-17-3-5-18(6-4-17)26-38-28(44-39-26)31(33,34)35)12-11-30(29,43)22-8-9-23-21(25(22)32)13-19(14-36-23)20-7-10-24(41)37-27(20)42/h3-6,8-9,13-14,20,43H,7,10-12,15-16H2,1-2H3,(H,37,41,42)/t20?,30-/m0/s1. The van der Waals surface area contributed by atoms with E-state index >= 15 is 4.39 Å². The lowest BCUT2D eigenvalue weighted by molar-refractivity contribution is -0.159. The number of nitrogens with zero attached hydrogens (tertiary/aromatic N) is 4. The number of benzene rings is 2. The first-order chi connectivity index (χ1) is 20.7. The average molecular weight is 612 g/mol. The van der Waals surface area contributed by atoms with Crippen molar-refractivity contribution >= 4 is 22.7 Å². The summed E-state index contributed by atoms with van der Waals surface area (Å²) in [4.78, 5) is 33.9. The van der Waals surface area contributed by atoms with Crippen LogP contribution in [0.2, 0.25) is 0 Å². The van der Waals surface area contributed by atoms with Crippen LogP contribution in [0.15, 0.2) is 53.2 Å². The number of hydrogen-bond acceptors (Lipinski definition) is 8. The minimum Gasteiger partial charge on any atom is -0.384 e. The van der Waals surface area contributed by atoms with Crippen molar-refractivity contribution in [2.24, 2.45) is 5.41 Å². The summed E-state index contributed by atoms with van der Waals surface area (Å²) in [6.45, 7) is 5.13. The Morgan fingerprint density at radius 1 is 1.14 bits per heavy atom. The molecule has 2 atom stereocenters. The molecule has 2 aromatic heterocycles. The molecule has 2 N–H and O–H groups in total. The van der Waals surface area contributed by atoms with Crippen LogP contribution in [-0.2, 0) is 27.9 Å². The molecule has 2 aliphatic rings. The highest BCUT2D eigenvalue weighted by Crippen LogP contribution is 2.48. The second-order valence-electron chi connectivity index (χ2n) is 12.1. The van der Waals surface area contributed by atoms with E-state index in [1.165, 1.54) is 6.20 Å². The fourth-order valence-corrected chi connectivity index (χ4v) is 6.24. The zero-order chi connectivity index (χ0) is 31.4. The van der Waals surface area contributed by atoms with Crippen LogP contribution >= 0.6 is 0 Å². The molecule has 0 aliphatic carbocycles. The quantitative estimate of drug-likeness (QED) is 0.237. The highest BCUT2D eigenvalue weighted by Gasteiger charge is 2.50. The van der Waals surface area contributed by atoms with Gasteiger partial charge >= 0.3 is 12.1 Å². The summed E-state index contributed by atoms with van der Waals surface area (Å²) in [6, 6.07) is 11.6. The molecule has 44 heavy (non-hydrogen) atoms. The van der Waals surface area contributed by atoms with Gasteiger partial charge in [-0.1, -0.05) is 49.3 Å². The van der Waals surface area contributed by atoms with Crippen molar-refractivity contribution in [1.82, 2.24) is 25.3 Å². The number of fused-ring (bicyclic) bond motifs is 1. The number of amides is 2. The van der Waals surface area contributed by atoms with E-state index in [0.29, 0.717) is 42.7 Å². The first-order valence-electron chi connectivity index (χ1n) is 14.1. The van der Waals surface area contributed by atoms with Crippen LogP contribution in [0.1, 0.15) is 61.6 Å². The van der Waals surface area contributed by atoms with Crippen molar-refractivity contribution in [2.45, 2.75) is 57.3 Å². The molecule has 0 saturated carbocycles. The summed E-state index contributed by atoms with van der Waals surface area (Å²) in [5.41, 5.74) is 0.0187. The number of hydrogen-bond donors (Lipinski definition) is 2. The van der Waals surface area contributed by atoms with Gasteiger partial charge < -0.3 is 9.63 Å². The molecule has 0 spiro atoms. The summed E-state index contributed by atoms with van der Waals surface area (Å²) in [5, 5.41) is 17.9. The maximum absolute atomic E-state index is 16.2. The Labute approximate surface area is 249 Å².